The molecule has 0 spiro atoms. The van der Waals surface area contributed by atoms with Crippen molar-refractivity contribution in [3.8, 4) is 0 Å². The zero-order valence-corrected chi connectivity index (χ0v) is 16.4. The molecule has 2 aromatic rings. The average molecular weight is 368 g/mol. The molecule has 0 bridgehead atoms. The molecular formula is C20H28N6O. The highest BCUT2D eigenvalue weighted by Gasteiger charge is 2.21. The first-order chi connectivity index (χ1) is 13.1. The van der Waals surface area contributed by atoms with Gasteiger partial charge in [-0.25, -0.2) is 9.97 Å². The van der Waals surface area contributed by atoms with Crippen molar-refractivity contribution >= 4 is 23.2 Å². The number of nitrogens with one attached hydrogen (secondary N) is 1. The van der Waals surface area contributed by atoms with Gasteiger partial charge in [-0.15, -0.1) is 0 Å². The van der Waals surface area contributed by atoms with Crippen molar-refractivity contribution in [3.05, 3.63) is 42.2 Å². The van der Waals surface area contributed by atoms with E-state index in [0.717, 1.165) is 45.0 Å². The van der Waals surface area contributed by atoms with Gasteiger partial charge < -0.3 is 20.0 Å². The molecule has 1 fully saturated rings. The molecule has 7 nitrogen and oxygen atoms in total. The van der Waals surface area contributed by atoms with Crippen LogP contribution in [-0.2, 0) is 0 Å². The molecule has 1 amide bonds. The Kier molecular flexibility index (Phi) is 6.24. The van der Waals surface area contributed by atoms with Gasteiger partial charge in [0.2, 0.25) is 5.95 Å². The fourth-order valence-corrected chi connectivity index (χ4v) is 3.18. The third-order valence-electron chi connectivity index (χ3n) is 4.92. The number of piperazine rings is 1. The van der Waals surface area contributed by atoms with Crippen molar-refractivity contribution < 1.29 is 4.79 Å². The molecule has 0 saturated carbocycles. The largest absolute Gasteiger partial charge is 0.372 e. The summed E-state index contributed by atoms with van der Waals surface area (Å²) in [6.45, 7) is 9.48. The Labute approximate surface area is 161 Å². The van der Waals surface area contributed by atoms with E-state index in [9.17, 15) is 4.79 Å². The monoisotopic (exact) mass is 368 g/mol. The van der Waals surface area contributed by atoms with E-state index in [1.807, 2.05) is 17.0 Å². The number of hydrogen-bond donors (Lipinski definition) is 1. The van der Waals surface area contributed by atoms with Gasteiger partial charge in [-0.05, 0) is 51.2 Å². The Balaban J connectivity index is 1.68. The molecule has 0 unspecified atom stereocenters. The fourth-order valence-electron chi connectivity index (χ4n) is 3.18. The molecule has 7 heteroatoms. The number of carbonyl (C=O) groups is 1. The predicted molar refractivity (Wildman–Crippen MR) is 109 cm³/mol. The highest BCUT2D eigenvalue weighted by molar-refractivity contribution is 5.92. The van der Waals surface area contributed by atoms with E-state index in [0.29, 0.717) is 11.6 Å². The molecule has 2 heterocycles. The smallest absolute Gasteiger partial charge is 0.272 e. The summed E-state index contributed by atoms with van der Waals surface area (Å²) in [5.41, 5.74) is 2.51. The van der Waals surface area contributed by atoms with E-state index in [4.69, 9.17) is 0 Å². The average Bonchev–Trinajstić information content (AvgIpc) is 2.70. The quantitative estimate of drug-likeness (QED) is 0.845. The van der Waals surface area contributed by atoms with E-state index >= 15 is 0 Å². The van der Waals surface area contributed by atoms with Crippen LogP contribution in [0, 0.1) is 0 Å². The summed E-state index contributed by atoms with van der Waals surface area (Å²) < 4.78 is 0. The highest BCUT2D eigenvalue weighted by atomic mass is 16.2. The molecule has 1 N–H and O–H groups in total. The van der Waals surface area contributed by atoms with Crippen molar-refractivity contribution in [2.45, 2.75) is 13.8 Å². The van der Waals surface area contributed by atoms with Crippen LogP contribution in [0.5, 0.6) is 0 Å². The second kappa shape index (κ2) is 8.81. The van der Waals surface area contributed by atoms with Crippen LogP contribution in [0.1, 0.15) is 24.3 Å². The molecule has 1 aromatic carbocycles. The van der Waals surface area contributed by atoms with Gasteiger partial charge in [0.05, 0.1) is 0 Å². The zero-order valence-electron chi connectivity index (χ0n) is 16.4. The van der Waals surface area contributed by atoms with Crippen LogP contribution >= 0.6 is 0 Å². The summed E-state index contributed by atoms with van der Waals surface area (Å²) in [7, 11) is 2.07. The fraction of sp³-hybridized carbons (Fsp3) is 0.450. The van der Waals surface area contributed by atoms with E-state index < -0.39 is 0 Å². The standard InChI is InChI=1S/C20H28N6O/c1-4-25(5-2)17-8-6-16(7-9-17)22-20-21-11-10-18(23-20)19(27)26-14-12-24(3)13-15-26/h6-11H,4-5,12-15H2,1-3H3,(H,21,22,23). The van der Waals surface area contributed by atoms with Gasteiger partial charge in [0.1, 0.15) is 5.69 Å². The van der Waals surface area contributed by atoms with Crippen LogP contribution in [0.3, 0.4) is 0 Å². The highest BCUT2D eigenvalue weighted by Crippen LogP contribution is 2.20. The topological polar surface area (TPSA) is 64.6 Å². The SMILES string of the molecule is CCN(CC)c1ccc(Nc2nccc(C(=O)N3CCN(C)CC3)n2)cc1. The minimum absolute atomic E-state index is 0.0366. The Hall–Kier alpha value is -2.67. The maximum absolute atomic E-state index is 12.7. The van der Waals surface area contributed by atoms with Crippen LogP contribution in [0.2, 0.25) is 0 Å². The van der Waals surface area contributed by atoms with Gasteiger partial charge in [0.25, 0.3) is 5.91 Å². The number of aromatic nitrogens is 2. The molecule has 1 saturated heterocycles. The normalized spacial score (nSPS) is 14.9. The third kappa shape index (κ3) is 4.74. The summed E-state index contributed by atoms with van der Waals surface area (Å²) in [5.74, 6) is 0.399. The second-order valence-corrected chi connectivity index (χ2v) is 6.71. The van der Waals surface area contributed by atoms with Crippen molar-refractivity contribution in [3.63, 3.8) is 0 Å². The molecule has 144 valence electrons. The van der Waals surface area contributed by atoms with Crippen molar-refractivity contribution in [2.75, 3.05) is 56.5 Å². The second-order valence-electron chi connectivity index (χ2n) is 6.71. The summed E-state index contributed by atoms with van der Waals surface area (Å²) in [6, 6.07) is 9.84. The van der Waals surface area contributed by atoms with Gasteiger partial charge in [-0.1, -0.05) is 0 Å². The number of hydrogen-bond acceptors (Lipinski definition) is 6. The minimum Gasteiger partial charge on any atom is -0.372 e. The molecule has 27 heavy (non-hydrogen) atoms. The Bertz CT molecular complexity index is 751. The van der Waals surface area contributed by atoms with Crippen molar-refractivity contribution in [1.29, 1.82) is 0 Å². The van der Waals surface area contributed by atoms with E-state index in [1.54, 1.807) is 12.3 Å². The Morgan fingerprint density at radius 2 is 1.74 bits per heavy atom. The number of anilines is 3. The van der Waals surface area contributed by atoms with Gasteiger partial charge in [-0.3, -0.25) is 4.79 Å². The van der Waals surface area contributed by atoms with Gasteiger partial charge in [-0.2, -0.15) is 0 Å². The lowest BCUT2D eigenvalue weighted by Gasteiger charge is -2.32. The minimum atomic E-state index is -0.0366. The summed E-state index contributed by atoms with van der Waals surface area (Å²) in [6.07, 6.45) is 1.63. The first-order valence-electron chi connectivity index (χ1n) is 9.53. The van der Waals surface area contributed by atoms with E-state index in [2.05, 4.69) is 58.1 Å². The van der Waals surface area contributed by atoms with Crippen molar-refractivity contribution in [2.24, 2.45) is 0 Å². The predicted octanol–water partition coefficient (Wildman–Crippen LogP) is 2.45. The number of benzene rings is 1. The number of nitrogens with zero attached hydrogens (tertiary/aromatic N) is 5. The van der Waals surface area contributed by atoms with Gasteiger partial charge >= 0.3 is 0 Å². The lowest BCUT2D eigenvalue weighted by molar-refractivity contribution is 0.0658. The summed E-state index contributed by atoms with van der Waals surface area (Å²) >= 11 is 0. The zero-order chi connectivity index (χ0) is 19.2. The van der Waals surface area contributed by atoms with Crippen LogP contribution in [0.25, 0.3) is 0 Å². The third-order valence-corrected chi connectivity index (χ3v) is 4.92. The molecule has 0 radical (unpaired) electrons. The van der Waals surface area contributed by atoms with Crippen LogP contribution in [0.4, 0.5) is 17.3 Å². The molecule has 1 aliphatic heterocycles. The Morgan fingerprint density at radius 1 is 1.07 bits per heavy atom. The Morgan fingerprint density at radius 3 is 2.37 bits per heavy atom. The molecule has 0 aliphatic carbocycles. The number of rotatable bonds is 6. The molecule has 0 atom stereocenters. The van der Waals surface area contributed by atoms with E-state index in [1.165, 1.54) is 5.69 Å². The molecular weight excluding hydrogens is 340 g/mol. The number of carbonyl (C=O) groups excluding carboxylic acids is 1. The maximum Gasteiger partial charge on any atom is 0.272 e. The first-order valence-corrected chi connectivity index (χ1v) is 9.53. The first kappa shape index (κ1) is 19.1. The lowest BCUT2D eigenvalue weighted by atomic mass is 10.2. The van der Waals surface area contributed by atoms with Crippen LogP contribution in [0.15, 0.2) is 36.5 Å². The molecule has 1 aromatic heterocycles. The molecule has 3 rings (SSSR count). The maximum atomic E-state index is 12.7. The van der Waals surface area contributed by atoms with E-state index in [-0.39, 0.29) is 5.91 Å². The van der Waals surface area contributed by atoms with Gasteiger partial charge in [0, 0.05) is 56.8 Å². The number of likely N-dealkylation sites (N-methyl/N-ethyl adjacent to an activating group) is 1. The summed E-state index contributed by atoms with van der Waals surface area (Å²) in [5, 5.41) is 3.19. The van der Waals surface area contributed by atoms with Crippen LogP contribution < -0.4 is 10.2 Å². The molecule has 1 aliphatic rings. The van der Waals surface area contributed by atoms with Crippen LogP contribution in [-0.4, -0.2) is 72.0 Å². The van der Waals surface area contributed by atoms with Gasteiger partial charge in [0.15, 0.2) is 0 Å². The van der Waals surface area contributed by atoms with Crippen molar-refractivity contribution in [1.82, 2.24) is 19.8 Å². The number of amides is 1. The lowest BCUT2D eigenvalue weighted by Crippen LogP contribution is -2.47. The summed E-state index contributed by atoms with van der Waals surface area (Å²) in [4.78, 5) is 27.7.